The van der Waals surface area contributed by atoms with Crippen LogP contribution in [0.2, 0.25) is 5.02 Å². The number of benzene rings is 5. The van der Waals surface area contributed by atoms with E-state index in [9.17, 15) is 35.8 Å². The summed E-state index contributed by atoms with van der Waals surface area (Å²) in [4.78, 5) is 11.3. The Morgan fingerprint density at radius 1 is 0.792 bits per heavy atom. The number of anilines is 1. The predicted molar refractivity (Wildman–Crippen MR) is 167 cm³/mol. The Bertz CT molecular complexity index is 2270. The van der Waals surface area contributed by atoms with Crippen molar-refractivity contribution in [1.29, 1.82) is 0 Å². The quantitative estimate of drug-likeness (QED) is 0.134. The van der Waals surface area contributed by atoms with Crippen molar-refractivity contribution >= 4 is 77.0 Å². The van der Waals surface area contributed by atoms with Crippen LogP contribution < -0.4 is 69.5 Å². The van der Waals surface area contributed by atoms with Crippen LogP contribution >= 0.6 is 11.6 Å². The monoisotopic (exact) mass is 723 g/mol. The summed E-state index contributed by atoms with van der Waals surface area (Å²) >= 11 is 6.09. The maximum absolute atomic E-state index is 13.3. The van der Waals surface area contributed by atoms with Crippen molar-refractivity contribution in [1.82, 2.24) is 0 Å². The van der Waals surface area contributed by atoms with Crippen molar-refractivity contribution in [3.63, 3.8) is 0 Å². The summed E-state index contributed by atoms with van der Waals surface area (Å²) in [6, 6.07) is 21.7. The van der Waals surface area contributed by atoms with E-state index in [1.165, 1.54) is 49.4 Å². The first kappa shape index (κ1) is 39.4. The van der Waals surface area contributed by atoms with Crippen LogP contribution in [0.4, 0.5) is 28.4 Å². The molecule has 234 valence electrons. The predicted octanol–water partition coefficient (Wildman–Crippen LogP) is 1.12. The van der Waals surface area contributed by atoms with Gasteiger partial charge in [0.1, 0.15) is 20.7 Å². The fourth-order valence-corrected chi connectivity index (χ4v) is 5.88. The van der Waals surface area contributed by atoms with Crippen LogP contribution in [0.15, 0.2) is 121 Å². The maximum atomic E-state index is 13.3. The van der Waals surface area contributed by atoms with Crippen molar-refractivity contribution < 1.29 is 95.0 Å². The zero-order valence-electron chi connectivity index (χ0n) is 25.4. The van der Waals surface area contributed by atoms with E-state index in [-0.39, 0.29) is 86.3 Å². The molecule has 5 rings (SSSR count). The van der Waals surface area contributed by atoms with Crippen LogP contribution in [-0.4, -0.2) is 31.8 Å². The van der Waals surface area contributed by atoms with E-state index >= 15 is 0 Å². The van der Waals surface area contributed by atoms with E-state index in [2.05, 4.69) is 25.8 Å². The van der Waals surface area contributed by atoms with Gasteiger partial charge < -0.3 is 15.0 Å². The molecular weight excluding hydrogens is 704 g/mol. The second kappa shape index (κ2) is 16.1. The molecule has 0 aliphatic carbocycles. The smallest absolute Gasteiger partial charge is 0.871 e. The number of halogens is 1. The Balaban J connectivity index is 0.00000312. The minimum absolute atomic E-state index is 0. The molecule has 5 aromatic carbocycles. The van der Waals surface area contributed by atoms with Crippen molar-refractivity contribution in [2.75, 3.05) is 5.32 Å². The second-order valence-electron chi connectivity index (χ2n) is 9.72. The van der Waals surface area contributed by atoms with Gasteiger partial charge in [0.15, 0.2) is 0 Å². The van der Waals surface area contributed by atoms with Gasteiger partial charge in [-0.2, -0.15) is 18.6 Å². The Kier molecular flexibility index (Phi) is 13.2. The van der Waals surface area contributed by atoms with Crippen LogP contribution in [0.5, 0.6) is 5.75 Å². The number of carbonyl (C=O) groups excluding carboxylic acids is 1. The molecule has 13 nitrogen and oxygen atoms in total. The molecule has 0 bridgehead atoms. The Morgan fingerprint density at radius 3 is 1.92 bits per heavy atom. The van der Waals surface area contributed by atoms with E-state index in [0.717, 1.165) is 18.2 Å². The topological polar surface area (TPSA) is 213 Å². The van der Waals surface area contributed by atoms with Gasteiger partial charge in [0.2, 0.25) is 0 Å². The molecule has 0 saturated heterocycles. The third-order valence-corrected chi connectivity index (χ3v) is 8.47. The first-order valence-electron chi connectivity index (χ1n) is 13.0. The Morgan fingerprint density at radius 2 is 1.38 bits per heavy atom. The molecule has 5 aromatic rings. The minimum Gasteiger partial charge on any atom is -0.871 e. The molecule has 48 heavy (non-hydrogen) atoms. The molecule has 0 radical (unpaired) electrons. The van der Waals surface area contributed by atoms with Gasteiger partial charge in [0.25, 0.3) is 16.0 Å². The number of rotatable bonds is 8. The second-order valence-corrected chi connectivity index (χ2v) is 12.9. The van der Waals surface area contributed by atoms with Crippen LogP contribution in [0.3, 0.4) is 0 Å². The molecule has 0 aliphatic rings. The Labute approximate surface area is 324 Å². The first-order valence-corrected chi connectivity index (χ1v) is 16.2. The van der Waals surface area contributed by atoms with Crippen molar-refractivity contribution in [2.24, 2.45) is 20.5 Å². The summed E-state index contributed by atoms with van der Waals surface area (Å²) in [7, 11) is -9.63. The largest absolute Gasteiger partial charge is 1.00 e. The van der Waals surface area contributed by atoms with Crippen molar-refractivity contribution in [2.45, 2.75) is 16.7 Å². The third kappa shape index (κ3) is 9.34. The third-order valence-electron chi connectivity index (χ3n) is 6.50. The molecule has 0 unspecified atom stereocenters. The number of azo groups is 2. The summed E-state index contributed by atoms with van der Waals surface area (Å²) < 4.78 is 68.2. The molecule has 0 aromatic heterocycles. The number of amides is 1. The minimum atomic E-state index is -4.92. The fraction of sp³-hybridized carbons (Fsp3) is 0.0333. The zero-order chi connectivity index (χ0) is 33.2. The normalized spacial score (nSPS) is 11.8. The molecule has 18 heteroatoms. The maximum Gasteiger partial charge on any atom is 1.00 e. The number of nitrogens with one attached hydrogen (secondary N) is 1. The van der Waals surface area contributed by atoms with Crippen LogP contribution in [-0.2, 0) is 20.2 Å². The Hall–Kier alpha value is -3.06. The van der Waals surface area contributed by atoms with Gasteiger partial charge in [-0.15, -0.1) is 10.2 Å². The van der Waals surface area contributed by atoms with Gasteiger partial charge in [-0.05, 0) is 90.0 Å². The molecule has 1 amide bonds. The van der Waals surface area contributed by atoms with Gasteiger partial charge >= 0.3 is 59.1 Å². The van der Waals surface area contributed by atoms with Gasteiger partial charge in [0.05, 0.1) is 27.0 Å². The summed E-state index contributed by atoms with van der Waals surface area (Å²) in [6.45, 7) is 1.51. The van der Waals surface area contributed by atoms with Crippen molar-refractivity contribution in [3.05, 3.63) is 107 Å². The average molecular weight is 724 g/mol. The molecule has 0 spiro atoms. The van der Waals surface area contributed by atoms with E-state index in [1.54, 1.807) is 30.3 Å². The molecule has 2 N–H and O–H groups in total. The SMILES string of the molecule is Cc1cc(S(=O)(=O)[O-])cc(Cl)c1N=Nc1ccc(N=Nc2c(S(=O)(=O)O)cc3cc(NC(=O)c4ccccc4)ccc3c2[O-])cc1.[Na+].[Na+]. The summed E-state index contributed by atoms with van der Waals surface area (Å²) in [5.41, 5.74) is 1.04. The summed E-state index contributed by atoms with van der Waals surface area (Å²) in [6.07, 6.45) is 0. The number of nitrogens with zero attached hydrogens (tertiary/aromatic N) is 4. The number of fused-ring (bicyclic) bond motifs is 1. The summed E-state index contributed by atoms with van der Waals surface area (Å²) in [5.74, 6) is -1.23. The van der Waals surface area contributed by atoms with Crippen molar-refractivity contribution in [3.8, 4) is 5.75 Å². The molecular formula is C30H20ClN5Na2O8S2. The van der Waals surface area contributed by atoms with Gasteiger partial charge in [0, 0.05) is 11.3 Å². The van der Waals surface area contributed by atoms with Gasteiger partial charge in [-0.1, -0.05) is 41.6 Å². The zero-order valence-corrected chi connectivity index (χ0v) is 31.8. The van der Waals surface area contributed by atoms with Crippen LogP contribution in [0, 0.1) is 6.92 Å². The van der Waals surface area contributed by atoms with Gasteiger partial charge in [-0.25, -0.2) is 8.42 Å². The molecule has 0 heterocycles. The molecule has 0 atom stereocenters. The number of carbonyl (C=O) groups is 1. The molecule has 0 aliphatic heterocycles. The number of hydrogen-bond donors (Lipinski definition) is 2. The first-order chi connectivity index (χ1) is 21.7. The van der Waals surface area contributed by atoms with E-state index < -0.39 is 47.4 Å². The van der Waals surface area contributed by atoms with E-state index in [0.29, 0.717) is 22.5 Å². The number of hydrogen-bond acceptors (Lipinski definition) is 11. The van der Waals surface area contributed by atoms with E-state index in [4.69, 9.17) is 11.6 Å². The standard InChI is InChI=1S/C30H22ClN5O8S2.2Na/c1-17-13-23(45(39,40)41)16-25(31)27(17)35-33-20-7-9-21(10-8-20)34-36-28-26(46(42,43)44)15-19-14-22(11-12-24(19)29(28)37)32-30(38)18-5-3-2-4-6-18;;/h2-16,37H,1H3,(H,32,38)(H,39,40,41)(H,42,43,44);;/q;2*+1/p-2. The van der Waals surface area contributed by atoms with Crippen LogP contribution in [0.1, 0.15) is 15.9 Å². The van der Waals surface area contributed by atoms with Crippen LogP contribution in [0.25, 0.3) is 10.8 Å². The molecule has 0 saturated carbocycles. The van der Waals surface area contributed by atoms with E-state index in [1.807, 2.05) is 0 Å². The molecule has 0 fully saturated rings. The van der Waals surface area contributed by atoms with Gasteiger partial charge in [-0.3, -0.25) is 9.35 Å². The number of aryl methyl sites for hydroxylation is 1. The average Bonchev–Trinajstić information content (AvgIpc) is 3.00. The fourth-order valence-electron chi connectivity index (χ4n) is 4.28. The summed E-state index contributed by atoms with van der Waals surface area (Å²) in [5, 5.41) is 31.9.